The zero-order chi connectivity index (χ0) is 21.1. The quantitative estimate of drug-likeness (QED) is 0.712. The number of para-hydroxylation sites is 1. The number of rotatable bonds is 4. The second-order valence-electron chi connectivity index (χ2n) is 6.86. The Morgan fingerprint density at radius 1 is 1.00 bits per heavy atom. The monoisotopic (exact) mass is 408 g/mol. The van der Waals surface area contributed by atoms with Crippen molar-refractivity contribution in [3.8, 4) is 5.75 Å². The van der Waals surface area contributed by atoms with Crippen LogP contribution in [0.2, 0.25) is 0 Å². The summed E-state index contributed by atoms with van der Waals surface area (Å²) in [7, 11) is 0. The lowest BCUT2D eigenvalue weighted by Crippen LogP contribution is -2.41. The second kappa shape index (κ2) is 8.32. The van der Waals surface area contributed by atoms with Crippen molar-refractivity contribution in [2.75, 3.05) is 18.5 Å². The van der Waals surface area contributed by atoms with E-state index in [0.717, 1.165) is 0 Å². The molecular weight excluding hydrogens is 390 g/mol. The number of carbonyl (C=O) groups is 2. The molecule has 0 saturated carbocycles. The molecule has 5 nitrogen and oxygen atoms in total. The summed E-state index contributed by atoms with van der Waals surface area (Å²) in [5, 5.41) is 2.70. The number of ether oxygens (including phenoxy) is 1. The molecule has 1 aliphatic heterocycles. The summed E-state index contributed by atoms with van der Waals surface area (Å²) in [5.74, 6) is -1.31. The molecule has 1 unspecified atom stereocenters. The Hall–Kier alpha value is -3.74. The number of nitrogens with zero attached hydrogens (tertiary/aromatic N) is 1. The van der Waals surface area contributed by atoms with E-state index >= 15 is 0 Å². The summed E-state index contributed by atoms with van der Waals surface area (Å²) in [6, 6.07) is 17.5. The lowest BCUT2D eigenvalue weighted by molar-refractivity contribution is -0.138. The smallest absolute Gasteiger partial charge is 0.261 e. The van der Waals surface area contributed by atoms with Crippen LogP contribution >= 0.6 is 0 Å². The van der Waals surface area contributed by atoms with Crippen LogP contribution in [-0.2, 0) is 9.59 Å². The Labute approximate surface area is 171 Å². The minimum atomic E-state index is -0.790. The summed E-state index contributed by atoms with van der Waals surface area (Å²) in [6.45, 7) is -0.561. The van der Waals surface area contributed by atoms with Gasteiger partial charge in [0, 0.05) is 11.3 Å². The van der Waals surface area contributed by atoms with E-state index < -0.39 is 29.5 Å². The number of amides is 2. The van der Waals surface area contributed by atoms with Gasteiger partial charge in [-0.15, -0.1) is 0 Å². The topological polar surface area (TPSA) is 58.6 Å². The van der Waals surface area contributed by atoms with E-state index in [1.165, 1.54) is 47.4 Å². The molecule has 30 heavy (non-hydrogen) atoms. The molecule has 1 heterocycles. The Balaban J connectivity index is 1.72. The van der Waals surface area contributed by atoms with Crippen molar-refractivity contribution in [1.82, 2.24) is 4.90 Å². The van der Waals surface area contributed by atoms with Crippen LogP contribution in [0.15, 0.2) is 72.8 Å². The Bertz CT molecular complexity index is 1070. The third kappa shape index (κ3) is 4.15. The molecule has 3 aromatic carbocycles. The molecule has 0 radical (unpaired) electrons. The van der Waals surface area contributed by atoms with E-state index in [4.69, 9.17) is 4.74 Å². The number of halogens is 2. The average Bonchev–Trinajstić information content (AvgIpc) is 2.89. The first-order valence-corrected chi connectivity index (χ1v) is 9.33. The second-order valence-corrected chi connectivity index (χ2v) is 6.86. The number of nitrogens with one attached hydrogen (secondary N) is 1. The highest BCUT2D eigenvalue weighted by Crippen LogP contribution is 2.36. The van der Waals surface area contributed by atoms with E-state index in [1.54, 1.807) is 24.3 Å². The van der Waals surface area contributed by atoms with Crippen molar-refractivity contribution in [1.29, 1.82) is 0 Å². The number of hydrogen-bond acceptors (Lipinski definition) is 3. The normalized spacial score (nSPS) is 15.7. The van der Waals surface area contributed by atoms with Crippen molar-refractivity contribution < 1.29 is 23.1 Å². The van der Waals surface area contributed by atoms with E-state index in [0.29, 0.717) is 22.6 Å². The lowest BCUT2D eigenvalue weighted by atomic mass is 9.95. The van der Waals surface area contributed by atoms with Crippen LogP contribution in [-0.4, -0.2) is 29.9 Å². The first-order valence-electron chi connectivity index (χ1n) is 9.33. The summed E-state index contributed by atoms with van der Waals surface area (Å²) in [4.78, 5) is 26.8. The number of anilines is 1. The molecule has 4 rings (SSSR count). The van der Waals surface area contributed by atoms with Crippen molar-refractivity contribution in [2.45, 2.75) is 6.04 Å². The largest absolute Gasteiger partial charge is 0.484 e. The van der Waals surface area contributed by atoms with Gasteiger partial charge in [0.15, 0.2) is 6.61 Å². The van der Waals surface area contributed by atoms with Crippen LogP contribution in [0.5, 0.6) is 5.75 Å². The minimum absolute atomic E-state index is 0.255. The van der Waals surface area contributed by atoms with Crippen molar-refractivity contribution in [3.63, 3.8) is 0 Å². The molecule has 152 valence electrons. The van der Waals surface area contributed by atoms with Crippen molar-refractivity contribution in [3.05, 3.63) is 95.6 Å². The fourth-order valence-electron chi connectivity index (χ4n) is 3.46. The van der Waals surface area contributed by atoms with Gasteiger partial charge in [0.05, 0.1) is 6.04 Å². The highest BCUT2D eigenvalue weighted by Gasteiger charge is 2.34. The molecule has 1 aliphatic rings. The van der Waals surface area contributed by atoms with Gasteiger partial charge in [-0.1, -0.05) is 30.3 Å². The summed E-state index contributed by atoms with van der Waals surface area (Å²) < 4.78 is 33.1. The highest BCUT2D eigenvalue weighted by atomic mass is 19.1. The van der Waals surface area contributed by atoms with Gasteiger partial charge in [0.25, 0.3) is 5.91 Å². The van der Waals surface area contributed by atoms with Gasteiger partial charge in [-0.2, -0.15) is 0 Å². The standard InChI is InChI=1S/C23H18F2N2O3/c24-16-8-6-15(7-9-16)23-19-12-17(25)10-11-20(19)26-21(28)13-27(23)22(29)14-30-18-4-2-1-3-5-18/h1-12,23H,13-14H2,(H,26,28). The van der Waals surface area contributed by atoms with E-state index in [9.17, 15) is 18.4 Å². The number of benzene rings is 3. The fraction of sp³-hybridized carbons (Fsp3) is 0.130. The predicted octanol–water partition coefficient (Wildman–Crippen LogP) is 3.91. The summed E-state index contributed by atoms with van der Waals surface area (Å²) in [6.07, 6.45) is 0. The molecule has 7 heteroatoms. The fourth-order valence-corrected chi connectivity index (χ4v) is 3.46. The van der Waals surface area contributed by atoms with Gasteiger partial charge in [-0.25, -0.2) is 8.78 Å². The van der Waals surface area contributed by atoms with Gasteiger partial charge in [-0.05, 0) is 48.0 Å². The van der Waals surface area contributed by atoms with E-state index in [2.05, 4.69) is 5.32 Å². The van der Waals surface area contributed by atoms with Gasteiger partial charge in [0.2, 0.25) is 5.91 Å². The molecule has 3 aromatic rings. The van der Waals surface area contributed by atoms with Gasteiger partial charge < -0.3 is 15.0 Å². The third-order valence-corrected chi connectivity index (χ3v) is 4.82. The van der Waals surface area contributed by atoms with Crippen LogP contribution < -0.4 is 10.1 Å². The first-order chi connectivity index (χ1) is 14.5. The molecule has 0 spiro atoms. The minimum Gasteiger partial charge on any atom is -0.484 e. The van der Waals surface area contributed by atoms with Crippen molar-refractivity contribution in [2.24, 2.45) is 0 Å². The van der Waals surface area contributed by atoms with Crippen LogP contribution in [0.25, 0.3) is 0 Å². The number of fused-ring (bicyclic) bond motifs is 1. The zero-order valence-corrected chi connectivity index (χ0v) is 15.8. The molecular formula is C23H18F2N2O3. The van der Waals surface area contributed by atoms with Crippen LogP contribution in [0.4, 0.5) is 14.5 Å². The van der Waals surface area contributed by atoms with Gasteiger partial charge >= 0.3 is 0 Å². The molecule has 0 aliphatic carbocycles. The Morgan fingerprint density at radius 2 is 1.70 bits per heavy atom. The average molecular weight is 408 g/mol. The molecule has 1 N–H and O–H groups in total. The molecule has 0 aromatic heterocycles. The number of hydrogen-bond donors (Lipinski definition) is 1. The number of carbonyl (C=O) groups excluding carboxylic acids is 2. The van der Waals surface area contributed by atoms with Gasteiger partial charge in [-0.3, -0.25) is 9.59 Å². The Morgan fingerprint density at radius 3 is 2.43 bits per heavy atom. The Kier molecular flexibility index (Phi) is 5.43. The predicted molar refractivity (Wildman–Crippen MR) is 107 cm³/mol. The maximum absolute atomic E-state index is 14.1. The maximum Gasteiger partial charge on any atom is 0.261 e. The zero-order valence-electron chi connectivity index (χ0n) is 15.8. The van der Waals surface area contributed by atoms with Crippen molar-refractivity contribution >= 4 is 17.5 Å². The van der Waals surface area contributed by atoms with E-state index in [1.807, 2.05) is 6.07 Å². The third-order valence-electron chi connectivity index (χ3n) is 4.82. The summed E-state index contributed by atoms with van der Waals surface area (Å²) in [5.41, 5.74) is 1.35. The van der Waals surface area contributed by atoms with E-state index in [-0.39, 0.29) is 13.2 Å². The maximum atomic E-state index is 14.1. The molecule has 1 atom stereocenters. The molecule has 0 bridgehead atoms. The molecule has 0 saturated heterocycles. The molecule has 0 fully saturated rings. The first kappa shape index (κ1) is 19.6. The summed E-state index contributed by atoms with van der Waals surface area (Å²) >= 11 is 0. The SMILES string of the molecule is O=C1CN(C(=O)COc2ccccc2)C(c2ccc(F)cc2)c2cc(F)ccc2N1. The molecule has 2 amide bonds. The van der Waals surface area contributed by atoms with Crippen LogP contribution in [0, 0.1) is 11.6 Å². The highest BCUT2D eigenvalue weighted by molar-refractivity contribution is 5.97. The van der Waals surface area contributed by atoms with Crippen LogP contribution in [0.3, 0.4) is 0 Å². The van der Waals surface area contributed by atoms with Crippen LogP contribution in [0.1, 0.15) is 17.2 Å². The van der Waals surface area contributed by atoms with Gasteiger partial charge in [0.1, 0.15) is 23.9 Å². The lowest BCUT2D eigenvalue weighted by Gasteiger charge is -2.30.